The van der Waals surface area contributed by atoms with Crippen molar-refractivity contribution in [3.8, 4) is 22.3 Å². The van der Waals surface area contributed by atoms with Gasteiger partial charge >= 0.3 is 0 Å². The highest BCUT2D eigenvalue weighted by Gasteiger charge is 2.21. The van der Waals surface area contributed by atoms with Gasteiger partial charge in [0.05, 0.1) is 22.0 Å². The first kappa shape index (κ1) is 21.4. The summed E-state index contributed by atoms with van der Waals surface area (Å²) < 4.78 is 83.0. The van der Waals surface area contributed by atoms with E-state index in [0.717, 1.165) is 32.3 Å². The Morgan fingerprint density at radius 3 is 1.46 bits per heavy atom. The van der Waals surface area contributed by atoms with Crippen LogP contribution in [0.4, 0.5) is 17.1 Å². The maximum atomic E-state index is 9.65. The Kier molecular flexibility index (Phi) is 4.91. The Balaban J connectivity index is 1.32. The number of rotatable bonds is 5. The van der Waals surface area contributed by atoms with Gasteiger partial charge in [-0.3, -0.25) is 0 Å². The Bertz CT molecular complexity index is 3140. The fraction of sp³-hybridized carbons (Fsp3) is 0. The first-order valence-corrected chi connectivity index (χ1v) is 16.5. The van der Waals surface area contributed by atoms with Crippen LogP contribution in [0.5, 0.6) is 0 Å². The van der Waals surface area contributed by atoms with E-state index in [-0.39, 0.29) is 46.7 Å². The average Bonchev–Trinajstić information content (AvgIpc) is 3.65. The molecule has 0 saturated carbocycles. The van der Waals surface area contributed by atoms with Crippen molar-refractivity contribution < 1.29 is 15.4 Å². The molecule has 0 spiro atoms. The van der Waals surface area contributed by atoms with Crippen LogP contribution in [0, 0.1) is 0 Å². The van der Waals surface area contributed by atoms with Crippen molar-refractivity contribution in [1.82, 2.24) is 0 Å². The van der Waals surface area contributed by atoms with Gasteiger partial charge in [-0.2, -0.15) is 0 Å². The molecule has 0 aliphatic carbocycles. The lowest BCUT2D eigenvalue weighted by Gasteiger charge is -2.27. The van der Waals surface area contributed by atoms with E-state index in [1.54, 1.807) is 30.3 Å². The Morgan fingerprint density at radius 1 is 0.400 bits per heavy atom. The molecule has 50 heavy (non-hydrogen) atoms. The molecule has 0 aliphatic heterocycles. The van der Waals surface area contributed by atoms with Crippen LogP contribution in [0.3, 0.4) is 0 Å². The third-order valence-electron chi connectivity index (χ3n) is 9.39. The number of hydrogen-bond acceptors (Lipinski definition) is 2. The molecule has 10 rings (SSSR count). The summed E-state index contributed by atoms with van der Waals surface area (Å²) in [5, 5.41) is 6.35. The number of nitrogens with zero attached hydrogens (tertiary/aromatic N) is 1. The molecule has 0 bridgehead atoms. The van der Waals surface area contributed by atoms with Gasteiger partial charge in [0, 0.05) is 22.1 Å². The van der Waals surface area contributed by atoms with Gasteiger partial charge in [-0.15, -0.1) is 0 Å². The molecular weight excluding hydrogens is 607 g/mol. The second kappa shape index (κ2) is 11.5. The smallest absolute Gasteiger partial charge is 0.143 e. The van der Waals surface area contributed by atoms with E-state index in [2.05, 4.69) is 0 Å². The quantitative estimate of drug-likeness (QED) is 0.185. The van der Waals surface area contributed by atoms with Crippen LogP contribution in [-0.4, -0.2) is 0 Å². The van der Waals surface area contributed by atoms with E-state index >= 15 is 0 Å². The number of fused-ring (bicyclic) bond motifs is 7. The van der Waals surface area contributed by atoms with E-state index in [4.69, 9.17) is 4.42 Å². The fourth-order valence-electron chi connectivity index (χ4n) is 7.07. The highest BCUT2D eigenvalue weighted by molar-refractivity contribution is 6.19. The van der Waals surface area contributed by atoms with Crippen LogP contribution in [-0.2, 0) is 0 Å². The van der Waals surface area contributed by atoms with Gasteiger partial charge in [0.2, 0.25) is 0 Å². The minimum Gasteiger partial charge on any atom is -0.455 e. The summed E-state index contributed by atoms with van der Waals surface area (Å²) in [6.07, 6.45) is 0. The van der Waals surface area contributed by atoms with E-state index in [9.17, 15) is 11.0 Å². The van der Waals surface area contributed by atoms with Crippen molar-refractivity contribution in [1.29, 1.82) is 0 Å². The monoisotopic (exact) mass is 645 g/mol. The molecule has 0 N–H and O–H groups in total. The number of furan rings is 1. The van der Waals surface area contributed by atoms with Crippen molar-refractivity contribution in [2.45, 2.75) is 0 Å². The third kappa shape index (κ3) is 4.57. The summed E-state index contributed by atoms with van der Waals surface area (Å²) in [6.45, 7) is 0. The van der Waals surface area contributed by atoms with E-state index in [1.807, 2.05) is 109 Å². The predicted molar refractivity (Wildman–Crippen MR) is 212 cm³/mol. The minimum absolute atomic E-state index is 0.111. The highest BCUT2D eigenvalue weighted by Crippen LogP contribution is 2.45. The number of anilines is 3. The van der Waals surface area contributed by atoms with Crippen LogP contribution < -0.4 is 4.90 Å². The summed E-state index contributed by atoms with van der Waals surface area (Å²) >= 11 is 0. The van der Waals surface area contributed by atoms with Crippen LogP contribution >= 0.6 is 0 Å². The van der Waals surface area contributed by atoms with Gasteiger partial charge in [0.25, 0.3) is 0 Å². The van der Waals surface area contributed by atoms with Gasteiger partial charge in [-0.05, 0) is 91.6 Å². The molecule has 1 aromatic heterocycles. The van der Waals surface area contributed by atoms with Gasteiger partial charge in [-0.25, -0.2) is 0 Å². The van der Waals surface area contributed by atoms with Crippen molar-refractivity contribution in [3.05, 3.63) is 188 Å². The maximum Gasteiger partial charge on any atom is 0.143 e. The van der Waals surface area contributed by atoms with Crippen molar-refractivity contribution in [2.24, 2.45) is 0 Å². The van der Waals surface area contributed by atoms with Gasteiger partial charge in [-0.1, -0.05) is 145 Å². The van der Waals surface area contributed by atoms with E-state index < -0.39 is 24.2 Å². The average molecular weight is 646 g/mol. The van der Waals surface area contributed by atoms with Crippen molar-refractivity contribution in [3.63, 3.8) is 0 Å². The third-order valence-corrected chi connectivity index (χ3v) is 9.39. The zero-order valence-electron chi connectivity index (χ0n) is 34.6. The predicted octanol–water partition coefficient (Wildman–Crippen LogP) is 13.8. The lowest BCUT2D eigenvalue weighted by molar-refractivity contribution is 0.672. The molecule has 0 amide bonds. The molecule has 0 unspecified atom stereocenters. The lowest BCUT2D eigenvalue weighted by Crippen LogP contribution is -2.10. The first-order valence-electron chi connectivity index (χ1n) is 20.5. The molecule has 1 heterocycles. The van der Waals surface area contributed by atoms with Crippen molar-refractivity contribution >= 4 is 71.3 Å². The largest absolute Gasteiger partial charge is 0.455 e. The second-order valence-electron chi connectivity index (χ2n) is 12.3. The summed E-state index contributed by atoms with van der Waals surface area (Å²) in [4.78, 5) is 1.37. The Labute approximate surface area is 301 Å². The molecule has 10 aromatic rings. The summed E-state index contributed by atoms with van der Waals surface area (Å²) in [7, 11) is 0. The standard InChI is InChI=1S/C48H31NO/c1-4-15-39-32(10-1)13-7-18-41(39)35-22-27-37(28-23-35)49(38-29-24-36(25-30-38)42-19-8-14-33-11-2-5-16-40(33)42)45-20-9-21-46-47(45)44-31-26-34-12-3-6-17-43(34)48(44)50-46/h1-31H/i22D,23D,24D,25D,27D,28D,29D,30D. The first-order chi connectivity index (χ1) is 28.2. The molecule has 0 aliphatic rings. The normalized spacial score (nSPS) is 13.8. The Morgan fingerprint density at radius 2 is 0.880 bits per heavy atom. The van der Waals surface area contributed by atoms with Crippen molar-refractivity contribution in [2.75, 3.05) is 4.90 Å². The molecule has 0 saturated heterocycles. The topological polar surface area (TPSA) is 16.4 Å². The molecular formula is C48H31NO. The zero-order valence-corrected chi connectivity index (χ0v) is 26.6. The zero-order chi connectivity index (χ0) is 40.0. The molecule has 0 fully saturated rings. The lowest BCUT2D eigenvalue weighted by atomic mass is 9.97. The minimum atomic E-state index is -0.408. The summed E-state index contributed by atoms with van der Waals surface area (Å²) in [6, 6.07) is 40.3. The van der Waals surface area contributed by atoms with Crippen LogP contribution in [0.2, 0.25) is 0 Å². The Hall–Kier alpha value is -6.64. The second-order valence-corrected chi connectivity index (χ2v) is 12.3. The number of benzene rings is 9. The van der Waals surface area contributed by atoms with E-state index in [0.29, 0.717) is 38.8 Å². The molecule has 0 radical (unpaired) electrons. The molecule has 2 nitrogen and oxygen atoms in total. The van der Waals surface area contributed by atoms with Crippen LogP contribution in [0.25, 0.3) is 76.5 Å². The number of hydrogen-bond donors (Lipinski definition) is 0. The molecule has 2 heteroatoms. The van der Waals surface area contributed by atoms with Crippen LogP contribution in [0.1, 0.15) is 11.0 Å². The molecule has 0 atom stereocenters. The SMILES string of the molecule is [2H]c1c([2H])c(N(c2c([2H])c([2H])c(-c3cccc4ccccc34)c([2H])c2[2H])c2cccc3oc4c5ccccc5ccc4c23)c([2H])c([2H])c1-c1cccc2ccccc12. The summed E-state index contributed by atoms with van der Waals surface area (Å²) in [5.41, 5.74) is 2.21. The van der Waals surface area contributed by atoms with Gasteiger partial charge < -0.3 is 9.32 Å². The highest BCUT2D eigenvalue weighted by atomic mass is 16.3. The molecule has 234 valence electrons. The maximum absolute atomic E-state index is 9.65. The van der Waals surface area contributed by atoms with Crippen LogP contribution in [0.15, 0.2) is 192 Å². The molecule has 9 aromatic carbocycles. The fourth-order valence-corrected chi connectivity index (χ4v) is 7.07. The van der Waals surface area contributed by atoms with Gasteiger partial charge in [0.15, 0.2) is 0 Å². The summed E-state index contributed by atoms with van der Waals surface area (Å²) in [5.74, 6) is 0. The van der Waals surface area contributed by atoms with E-state index in [1.165, 1.54) is 4.90 Å². The van der Waals surface area contributed by atoms with Gasteiger partial charge in [0.1, 0.15) is 11.2 Å².